The van der Waals surface area contributed by atoms with Crippen LogP contribution in [-0.4, -0.2) is 20.4 Å². The first-order valence-electron chi connectivity index (χ1n) is 6.69. The highest BCUT2D eigenvalue weighted by Gasteiger charge is 2.19. The van der Waals surface area contributed by atoms with Crippen LogP contribution in [0.1, 0.15) is 15.9 Å². The fourth-order valence-electron chi connectivity index (χ4n) is 2.14. The van der Waals surface area contributed by atoms with Gasteiger partial charge in [-0.3, -0.25) is 14.0 Å². The molecular formula is C16H13N3O3. The second kappa shape index (κ2) is 5.69. The summed E-state index contributed by atoms with van der Waals surface area (Å²) in [5.41, 5.74) is 0.210. The first kappa shape index (κ1) is 13.8. The molecular weight excluding hydrogens is 282 g/mol. The molecule has 22 heavy (non-hydrogen) atoms. The van der Waals surface area contributed by atoms with Crippen LogP contribution in [0.15, 0.2) is 59.5 Å². The lowest BCUT2D eigenvalue weighted by Crippen LogP contribution is -2.31. The van der Waals surface area contributed by atoms with Crippen molar-refractivity contribution in [1.82, 2.24) is 14.7 Å². The Morgan fingerprint density at radius 2 is 1.86 bits per heavy atom. The van der Waals surface area contributed by atoms with E-state index in [1.807, 2.05) is 30.3 Å². The second-order valence-corrected chi connectivity index (χ2v) is 4.71. The maximum atomic E-state index is 12.3. The molecule has 1 amide bonds. The van der Waals surface area contributed by atoms with E-state index in [2.05, 4.69) is 10.3 Å². The molecule has 0 fully saturated rings. The van der Waals surface area contributed by atoms with Crippen molar-refractivity contribution in [3.63, 3.8) is 0 Å². The second-order valence-electron chi connectivity index (χ2n) is 4.71. The van der Waals surface area contributed by atoms with E-state index in [-0.39, 0.29) is 17.8 Å². The molecule has 2 N–H and O–H groups in total. The zero-order valence-electron chi connectivity index (χ0n) is 11.6. The molecule has 0 saturated heterocycles. The first-order valence-corrected chi connectivity index (χ1v) is 6.69. The summed E-state index contributed by atoms with van der Waals surface area (Å²) in [5.74, 6) is -1.22. The van der Waals surface area contributed by atoms with Crippen LogP contribution in [0.5, 0.6) is 5.88 Å². The van der Waals surface area contributed by atoms with Gasteiger partial charge in [0.05, 0.1) is 0 Å². The fraction of sp³-hybridized carbons (Fsp3) is 0.0625. The SMILES string of the molecule is O=C(NCc1ccccc1)c1c(O)nc2ccccn2c1=O. The molecule has 6 heteroatoms. The molecule has 0 saturated carbocycles. The number of nitrogens with zero attached hydrogens (tertiary/aromatic N) is 2. The van der Waals surface area contributed by atoms with Crippen LogP contribution in [0.25, 0.3) is 5.65 Å². The van der Waals surface area contributed by atoms with Gasteiger partial charge in [0.1, 0.15) is 5.65 Å². The molecule has 2 heterocycles. The molecule has 0 aliphatic carbocycles. The molecule has 0 atom stereocenters. The molecule has 3 aromatic rings. The summed E-state index contributed by atoms with van der Waals surface area (Å²) in [4.78, 5) is 28.4. The van der Waals surface area contributed by atoms with Crippen molar-refractivity contribution in [2.75, 3.05) is 0 Å². The van der Waals surface area contributed by atoms with Gasteiger partial charge in [-0.15, -0.1) is 0 Å². The Bertz CT molecular complexity index is 888. The molecule has 0 unspecified atom stereocenters. The van der Waals surface area contributed by atoms with Crippen molar-refractivity contribution >= 4 is 11.6 Å². The highest BCUT2D eigenvalue weighted by Crippen LogP contribution is 2.11. The predicted molar refractivity (Wildman–Crippen MR) is 80.7 cm³/mol. The van der Waals surface area contributed by atoms with Crippen LogP contribution in [0, 0.1) is 0 Å². The number of aromatic hydroxyl groups is 1. The number of nitrogens with one attached hydrogen (secondary N) is 1. The fourth-order valence-corrected chi connectivity index (χ4v) is 2.14. The number of hydrogen-bond acceptors (Lipinski definition) is 4. The number of rotatable bonds is 3. The summed E-state index contributed by atoms with van der Waals surface area (Å²) in [6.45, 7) is 0.260. The number of carbonyl (C=O) groups excluding carboxylic acids is 1. The van der Waals surface area contributed by atoms with E-state index in [0.717, 1.165) is 5.56 Å². The standard InChI is InChI=1S/C16H13N3O3/c20-14(17-10-11-6-2-1-3-7-11)13-15(21)18-12-8-4-5-9-19(12)16(13)22/h1-9,21H,10H2,(H,17,20). The van der Waals surface area contributed by atoms with Gasteiger partial charge in [-0.1, -0.05) is 36.4 Å². The Morgan fingerprint density at radius 1 is 1.14 bits per heavy atom. The maximum Gasteiger partial charge on any atom is 0.274 e. The van der Waals surface area contributed by atoms with Crippen LogP contribution < -0.4 is 10.9 Å². The van der Waals surface area contributed by atoms with Gasteiger partial charge in [-0.2, -0.15) is 4.98 Å². The van der Waals surface area contributed by atoms with E-state index >= 15 is 0 Å². The summed E-state index contributed by atoms with van der Waals surface area (Å²) in [7, 11) is 0. The molecule has 6 nitrogen and oxygen atoms in total. The van der Waals surface area contributed by atoms with Crippen LogP contribution in [0.4, 0.5) is 0 Å². The number of aromatic nitrogens is 2. The zero-order valence-corrected chi connectivity index (χ0v) is 11.6. The van der Waals surface area contributed by atoms with E-state index in [9.17, 15) is 14.7 Å². The molecule has 110 valence electrons. The summed E-state index contributed by atoms with van der Waals surface area (Å²) < 4.78 is 1.22. The number of carbonyl (C=O) groups is 1. The Kier molecular flexibility index (Phi) is 3.57. The number of benzene rings is 1. The van der Waals surface area contributed by atoms with Gasteiger partial charge in [-0.05, 0) is 17.7 Å². The molecule has 0 bridgehead atoms. The van der Waals surface area contributed by atoms with Gasteiger partial charge in [-0.25, -0.2) is 0 Å². The average molecular weight is 295 g/mol. The van der Waals surface area contributed by atoms with Crippen LogP contribution in [0.2, 0.25) is 0 Å². The molecule has 2 aromatic heterocycles. The number of fused-ring (bicyclic) bond motifs is 1. The number of amides is 1. The normalized spacial score (nSPS) is 10.5. The lowest BCUT2D eigenvalue weighted by molar-refractivity contribution is 0.0945. The molecule has 0 radical (unpaired) electrons. The lowest BCUT2D eigenvalue weighted by Gasteiger charge is -2.07. The van der Waals surface area contributed by atoms with Gasteiger partial charge in [0, 0.05) is 12.7 Å². The summed E-state index contributed by atoms with van der Waals surface area (Å²) >= 11 is 0. The van der Waals surface area contributed by atoms with Crippen molar-refractivity contribution in [3.8, 4) is 5.88 Å². The van der Waals surface area contributed by atoms with E-state index in [1.165, 1.54) is 10.6 Å². The lowest BCUT2D eigenvalue weighted by atomic mass is 10.2. The molecule has 0 aliphatic heterocycles. The van der Waals surface area contributed by atoms with Crippen LogP contribution in [0.3, 0.4) is 0 Å². The largest absolute Gasteiger partial charge is 0.493 e. The minimum absolute atomic E-state index is 0.260. The van der Waals surface area contributed by atoms with Gasteiger partial charge in [0.2, 0.25) is 5.88 Å². The monoisotopic (exact) mass is 295 g/mol. The minimum atomic E-state index is -0.655. The Morgan fingerprint density at radius 3 is 2.64 bits per heavy atom. The zero-order chi connectivity index (χ0) is 15.5. The maximum absolute atomic E-state index is 12.3. The molecule has 3 rings (SSSR count). The Labute approximate surface area is 125 Å². The van der Waals surface area contributed by atoms with E-state index in [0.29, 0.717) is 0 Å². The molecule has 1 aromatic carbocycles. The van der Waals surface area contributed by atoms with Crippen molar-refractivity contribution in [2.45, 2.75) is 6.54 Å². The Balaban J connectivity index is 1.92. The number of hydrogen-bond donors (Lipinski definition) is 2. The quantitative estimate of drug-likeness (QED) is 0.763. The number of pyridine rings is 1. The highest BCUT2D eigenvalue weighted by atomic mass is 16.3. The summed E-state index contributed by atoms with van der Waals surface area (Å²) in [6.07, 6.45) is 1.50. The molecule has 0 spiro atoms. The van der Waals surface area contributed by atoms with Crippen LogP contribution in [-0.2, 0) is 6.54 Å². The van der Waals surface area contributed by atoms with Crippen molar-refractivity contribution in [2.24, 2.45) is 0 Å². The minimum Gasteiger partial charge on any atom is -0.493 e. The highest BCUT2D eigenvalue weighted by molar-refractivity contribution is 5.96. The third kappa shape index (κ3) is 2.54. The first-order chi connectivity index (χ1) is 10.7. The van der Waals surface area contributed by atoms with E-state index < -0.39 is 17.3 Å². The van der Waals surface area contributed by atoms with Crippen molar-refractivity contribution in [1.29, 1.82) is 0 Å². The third-order valence-electron chi connectivity index (χ3n) is 3.24. The summed E-state index contributed by atoms with van der Waals surface area (Å²) in [6, 6.07) is 14.2. The van der Waals surface area contributed by atoms with Crippen molar-refractivity contribution in [3.05, 3.63) is 76.2 Å². The van der Waals surface area contributed by atoms with Gasteiger partial charge in [0.25, 0.3) is 11.5 Å². The summed E-state index contributed by atoms with van der Waals surface area (Å²) in [5, 5.41) is 12.5. The molecule has 0 aliphatic rings. The van der Waals surface area contributed by atoms with Gasteiger partial charge in [0.15, 0.2) is 5.56 Å². The predicted octanol–water partition coefficient (Wildman–Crippen LogP) is 1.33. The Hall–Kier alpha value is -3.15. The van der Waals surface area contributed by atoms with E-state index in [4.69, 9.17) is 0 Å². The van der Waals surface area contributed by atoms with Crippen LogP contribution >= 0.6 is 0 Å². The third-order valence-corrected chi connectivity index (χ3v) is 3.24. The smallest absolute Gasteiger partial charge is 0.274 e. The van der Waals surface area contributed by atoms with Gasteiger partial charge >= 0.3 is 0 Å². The average Bonchev–Trinajstić information content (AvgIpc) is 2.54. The topological polar surface area (TPSA) is 83.7 Å². The van der Waals surface area contributed by atoms with Gasteiger partial charge < -0.3 is 10.4 Å². The van der Waals surface area contributed by atoms with Crippen molar-refractivity contribution < 1.29 is 9.90 Å². The van der Waals surface area contributed by atoms with E-state index in [1.54, 1.807) is 18.2 Å².